The van der Waals surface area contributed by atoms with Crippen LogP contribution in [0.3, 0.4) is 0 Å². The molecule has 1 heterocycles. The van der Waals surface area contributed by atoms with Gasteiger partial charge in [0.25, 0.3) is 0 Å². The number of aliphatic imine (C=N–C) groups is 1. The number of anilines is 1. The van der Waals surface area contributed by atoms with Gasteiger partial charge < -0.3 is 9.64 Å². The molecule has 27 heavy (non-hydrogen) atoms. The lowest BCUT2D eigenvalue weighted by Gasteiger charge is -2.23. The maximum Gasteiger partial charge on any atom is 0.363 e. The van der Waals surface area contributed by atoms with E-state index in [1.165, 1.54) is 5.69 Å². The van der Waals surface area contributed by atoms with Crippen LogP contribution in [0, 0.1) is 6.92 Å². The van der Waals surface area contributed by atoms with Crippen molar-refractivity contribution in [1.82, 2.24) is 0 Å². The van der Waals surface area contributed by atoms with Gasteiger partial charge in [-0.15, -0.1) is 0 Å². The predicted molar refractivity (Wildman–Crippen MR) is 111 cm³/mol. The summed E-state index contributed by atoms with van der Waals surface area (Å²) in [6, 6.07) is 16.0. The van der Waals surface area contributed by atoms with E-state index in [0.717, 1.165) is 42.6 Å². The Morgan fingerprint density at radius 2 is 1.59 bits per heavy atom. The molecule has 4 heteroatoms. The Bertz CT molecular complexity index is 843. The zero-order chi connectivity index (χ0) is 19.2. The maximum absolute atomic E-state index is 12.2. The van der Waals surface area contributed by atoms with Crippen LogP contribution in [0.2, 0.25) is 0 Å². The topological polar surface area (TPSA) is 41.9 Å². The van der Waals surface area contributed by atoms with Gasteiger partial charge in [0, 0.05) is 24.3 Å². The van der Waals surface area contributed by atoms with E-state index in [1.54, 1.807) is 6.08 Å². The molecule has 0 atom stereocenters. The number of carbonyl (C=O) groups excluding carboxylic acids is 1. The highest BCUT2D eigenvalue weighted by Crippen LogP contribution is 2.22. The van der Waals surface area contributed by atoms with Gasteiger partial charge in [-0.25, -0.2) is 9.79 Å². The molecule has 3 rings (SSSR count). The zero-order valence-corrected chi connectivity index (χ0v) is 16.2. The van der Waals surface area contributed by atoms with Gasteiger partial charge >= 0.3 is 5.97 Å². The van der Waals surface area contributed by atoms with E-state index < -0.39 is 5.97 Å². The molecule has 0 aromatic heterocycles. The van der Waals surface area contributed by atoms with Crippen molar-refractivity contribution in [2.75, 3.05) is 18.0 Å². The lowest BCUT2D eigenvalue weighted by atomic mass is 10.1. The largest absolute Gasteiger partial charge is 0.402 e. The van der Waals surface area contributed by atoms with Gasteiger partial charge in [-0.1, -0.05) is 43.7 Å². The molecular weight excluding hydrogens is 336 g/mol. The normalized spacial score (nSPS) is 15.0. The summed E-state index contributed by atoms with van der Waals surface area (Å²) in [5, 5.41) is 0. The van der Waals surface area contributed by atoms with Gasteiger partial charge in [0.2, 0.25) is 5.90 Å². The third-order valence-corrected chi connectivity index (χ3v) is 4.47. The molecule has 0 aliphatic carbocycles. The first kappa shape index (κ1) is 18.9. The molecule has 0 saturated heterocycles. The number of esters is 1. The highest BCUT2D eigenvalue weighted by molar-refractivity contribution is 6.12. The number of cyclic esters (lactones) is 1. The Labute approximate surface area is 161 Å². The molecule has 2 aromatic carbocycles. The van der Waals surface area contributed by atoms with E-state index in [-0.39, 0.29) is 0 Å². The second-order valence-electron chi connectivity index (χ2n) is 6.78. The molecule has 4 nitrogen and oxygen atoms in total. The molecule has 1 aliphatic heterocycles. The summed E-state index contributed by atoms with van der Waals surface area (Å²) >= 11 is 0. The number of carbonyl (C=O) groups is 1. The van der Waals surface area contributed by atoms with Crippen molar-refractivity contribution < 1.29 is 9.53 Å². The standard InChI is InChI=1S/C23H26N2O2/c1-4-14-25(15-5-2)20-12-8-18(9-13-20)16-21-23(26)27-22(24-21)19-10-6-17(3)7-11-19/h6-13,16H,4-5,14-15H2,1-3H3/b21-16-. The van der Waals surface area contributed by atoms with E-state index >= 15 is 0 Å². The fourth-order valence-corrected chi connectivity index (χ4v) is 3.08. The Morgan fingerprint density at radius 3 is 2.19 bits per heavy atom. The summed E-state index contributed by atoms with van der Waals surface area (Å²) in [4.78, 5) is 18.9. The first-order chi connectivity index (χ1) is 13.1. The molecule has 140 valence electrons. The van der Waals surface area contributed by atoms with Crippen molar-refractivity contribution in [3.63, 3.8) is 0 Å². The minimum absolute atomic E-state index is 0.331. The van der Waals surface area contributed by atoms with Crippen LogP contribution >= 0.6 is 0 Å². The number of nitrogens with zero attached hydrogens (tertiary/aromatic N) is 2. The molecule has 0 fully saturated rings. The number of rotatable bonds is 7. The highest BCUT2D eigenvalue weighted by Gasteiger charge is 2.24. The monoisotopic (exact) mass is 362 g/mol. The molecule has 0 saturated carbocycles. The molecule has 0 bridgehead atoms. The van der Waals surface area contributed by atoms with Crippen molar-refractivity contribution in [2.45, 2.75) is 33.6 Å². The van der Waals surface area contributed by atoms with Crippen LogP contribution in [0.1, 0.15) is 43.4 Å². The summed E-state index contributed by atoms with van der Waals surface area (Å²) in [7, 11) is 0. The fraction of sp³-hybridized carbons (Fsp3) is 0.304. The van der Waals surface area contributed by atoms with E-state index in [1.807, 2.05) is 43.3 Å². The quantitative estimate of drug-likeness (QED) is 0.516. The Morgan fingerprint density at radius 1 is 0.963 bits per heavy atom. The summed E-state index contributed by atoms with van der Waals surface area (Å²) in [5.74, 6) is -0.0480. The van der Waals surface area contributed by atoms with Crippen molar-refractivity contribution in [1.29, 1.82) is 0 Å². The highest BCUT2D eigenvalue weighted by atomic mass is 16.6. The van der Waals surface area contributed by atoms with Crippen LogP contribution in [0.5, 0.6) is 0 Å². The van der Waals surface area contributed by atoms with Crippen molar-refractivity contribution in [3.8, 4) is 0 Å². The van der Waals surface area contributed by atoms with Gasteiger partial charge in [-0.05, 0) is 55.7 Å². The molecule has 0 radical (unpaired) electrons. The molecular formula is C23H26N2O2. The smallest absolute Gasteiger partial charge is 0.363 e. The third kappa shape index (κ3) is 4.64. The SMILES string of the molecule is CCCN(CCC)c1ccc(/C=C2\N=C(c3ccc(C)cc3)OC2=O)cc1. The number of ether oxygens (including phenoxy) is 1. The average Bonchev–Trinajstić information content (AvgIpc) is 3.03. The Hall–Kier alpha value is -2.88. The molecule has 0 amide bonds. The van der Waals surface area contributed by atoms with Crippen LogP contribution < -0.4 is 4.90 Å². The van der Waals surface area contributed by atoms with Gasteiger partial charge in [-0.3, -0.25) is 0 Å². The first-order valence-corrected chi connectivity index (χ1v) is 9.55. The maximum atomic E-state index is 12.2. The summed E-state index contributed by atoms with van der Waals surface area (Å²) in [6.07, 6.45) is 4.01. The second-order valence-corrected chi connectivity index (χ2v) is 6.78. The summed E-state index contributed by atoms with van der Waals surface area (Å²) in [5.41, 5.74) is 4.44. The fourth-order valence-electron chi connectivity index (χ4n) is 3.08. The molecule has 2 aromatic rings. The van der Waals surface area contributed by atoms with Crippen LogP contribution in [0.25, 0.3) is 6.08 Å². The third-order valence-electron chi connectivity index (χ3n) is 4.47. The van der Waals surface area contributed by atoms with Crippen molar-refractivity contribution in [3.05, 3.63) is 70.9 Å². The predicted octanol–water partition coefficient (Wildman–Crippen LogP) is 4.97. The van der Waals surface area contributed by atoms with Gasteiger partial charge in [0.1, 0.15) is 0 Å². The second kappa shape index (κ2) is 8.67. The van der Waals surface area contributed by atoms with E-state index in [4.69, 9.17) is 4.74 Å². The lowest BCUT2D eigenvalue weighted by Crippen LogP contribution is -2.24. The van der Waals surface area contributed by atoms with E-state index in [2.05, 4.69) is 35.9 Å². The summed E-state index contributed by atoms with van der Waals surface area (Å²) < 4.78 is 5.33. The van der Waals surface area contributed by atoms with Gasteiger partial charge in [0.15, 0.2) is 5.70 Å². The molecule has 1 aliphatic rings. The van der Waals surface area contributed by atoms with Crippen molar-refractivity contribution in [2.24, 2.45) is 4.99 Å². The van der Waals surface area contributed by atoms with Gasteiger partial charge in [0.05, 0.1) is 0 Å². The lowest BCUT2D eigenvalue weighted by molar-refractivity contribution is -0.129. The Balaban J connectivity index is 1.79. The van der Waals surface area contributed by atoms with Gasteiger partial charge in [-0.2, -0.15) is 0 Å². The van der Waals surface area contributed by atoms with Crippen LogP contribution in [-0.4, -0.2) is 25.0 Å². The zero-order valence-electron chi connectivity index (χ0n) is 16.2. The molecule has 0 spiro atoms. The first-order valence-electron chi connectivity index (χ1n) is 9.55. The minimum Gasteiger partial charge on any atom is -0.402 e. The van der Waals surface area contributed by atoms with Crippen LogP contribution in [0.4, 0.5) is 5.69 Å². The molecule has 0 unspecified atom stereocenters. The molecule has 0 N–H and O–H groups in total. The number of hydrogen-bond acceptors (Lipinski definition) is 4. The van der Waals surface area contributed by atoms with Crippen LogP contribution in [0.15, 0.2) is 59.2 Å². The summed E-state index contributed by atoms with van der Waals surface area (Å²) in [6.45, 7) is 8.49. The van der Waals surface area contributed by atoms with E-state index in [9.17, 15) is 4.79 Å². The number of hydrogen-bond donors (Lipinski definition) is 0. The minimum atomic E-state index is -0.409. The van der Waals surface area contributed by atoms with Crippen molar-refractivity contribution >= 4 is 23.6 Å². The Kier molecular flexibility index (Phi) is 6.07. The number of benzene rings is 2. The van der Waals surface area contributed by atoms with E-state index in [0.29, 0.717) is 11.6 Å². The average molecular weight is 362 g/mol. The number of aryl methyl sites for hydroxylation is 1. The van der Waals surface area contributed by atoms with Crippen LogP contribution in [-0.2, 0) is 9.53 Å².